The summed E-state index contributed by atoms with van der Waals surface area (Å²) in [4.78, 5) is 26.0. The van der Waals surface area contributed by atoms with Gasteiger partial charge in [0.2, 0.25) is 0 Å². The van der Waals surface area contributed by atoms with E-state index in [4.69, 9.17) is 0 Å². The van der Waals surface area contributed by atoms with Gasteiger partial charge in [0, 0.05) is 18.2 Å². The largest absolute Gasteiger partial charge is 0.469 e. The zero-order valence-electron chi connectivity index (χ0n) is 12.0. The molecule has 22 heavy (non-hydrogen) atoms. The lowest BCUT2D eigenvalue weighted by Gasteiger charge is -2.08. The molecule has 2 aromatic rings. The van der Waals surface area contributed by atoms with E-state index >= 15 is 0 Å². The fraction of sp³-hybridized carbons (Fsp3) is 0.200. The SMILES string of the molecule is COC(=O)CCNc1ccc([N+](=O)[O-])c(-c2ccccc2)n1. The van der Waals surface area contributed by atoms with E-state index in [0.29, 0.717) is 17.9 Å². The Morgan fingerprint density at radius 3 is 2.64 bits per heavy atom. The Hall–Kier alpha value is -2.96. The van der Waals surface area contributed by atoms with Gasteiger partial charge in [-0.15, -0.1) is 0 Å². The van der Waals surface area contributed by atoms with Gasteiger partial charge in [-0.1, -0.05) is 30.3 Å². The van der Waals surface area contributed by atoms with Gasteiger partial charge in [-0.05, 0) is 6.07 Å². The summed E-state index contributed by atoms with van der Waals surface area (Å²) < 4.78 is 4.54. The van der Waals surface area contributed by atoms with Crippen LogP contribution >= 0.6 is 0 Å². The maximum atomic E-state index is 11.1. The number of ether oxygens (including phenoxy) is 1. The van der Waals surface area contributed by atoms with Crippen LogP contribution in [0, 0.1) is 10.1 Å². The number of esters is 1. The number of methoxy groups -OCH3 is 1. The Balaban J connectivity index is 2.24. The number of nitrogens with zero attached hydrogens (tertiary/aromatic N) is 2. The monoisotopic (exact) mass is 301 g/mol. The summed E-state index contributed by atoms with van der Waals surface area (Å²) in [5.74, 6) is 0.131. The van der Waals surface area contributed by atoms with Crippen molar-refractivity contribution in [3.05, 3.63) is 52.6 Å². The summed E-state index contributed by atoms with van der Waals surface area (Å²) in [6, 6.07) is 11.8. The molecular weight excluding hydrogens is 286 g/mol. The smallest absolute Gasteiger partial charge is 0.307 e. The summed E-state index contributed by atoms with van der Waals surface area (Å²) in [5, 5.41) is 14.1. The number of carbonyl (C=O) groups is 1. The molecule has 0 spiro atoms. The molecule has 1 heterocycles. The van der Waals surface area contributed by atoms with E-state index in [1.807, 2.05) is 6.07 Å². The van der Waals surface area contributed by atoms with E-state index in [1.54, 1.807) is 24.3 Å². The minimum atomic E-state index is -0.465. The third-order valence-electron chi connectivity index (χ3n) is 2.98. The van der Waals surface area contributed by atoms with E-state index in [-0.39, 0.29) is 23.8 Å². The molecule has 1 aromatic carbocycles. The predicted octanol–water partition coefficient (Wildman–Crippen LogP) is 2.63. The fourth-order valence-electron chi connectivity index (χ4n) is 1.90. The highest BCUT2D eigenvalue weighted by Gasteiger charge is 2.17. The van der Waals surface area contributed by atoms with Crippen LogP contribution in [0.15, 0.2) is 42.5 Å². The van der Waals surface area contributed by atoms with Gasteiger partial charge in [-0.25, -0.2) is 4.98 Å². The number of nitrogens with one attached hydrogen (secondary N) is 1. The molecule has 0 aliphatic rings. The van der Waals surface area contributed by atoms with Gasteiger partial charge in [0.25, 0.3) is 5.69 Å². The van der Waals surface area contributed by atoms with Gasteiger partial charge < -0.3 is 10.1 Å². The van der Waals surface area contributed by atoms with Crippen LogP contribution in [0.2, 0.25) is 0 Å². The molecular formula is C15H15N3O4. The second-order valence-corrected chi connectivity index (χ2v) is 4.44. The lowest BCUT2D eigenvalue weighted by Crippen LogP contribution is -2.10. The standard InChI is InChI=1S/C15H15N3O4/c1-22-14(19)9-10-16-13-8-7-12(18(20)21)15(17-13)11-5-3-2-4-6-11/h2-8H,9-10H2,1H3,(H,16,17). The molecule has 1 N–H and O–H groups in total. The number of nitro groups is 1. The highest BCUT2D eigenvalue weighted by atomic mass is 16.6. The summed E-state index contributed by atoms with van der Waals surface area (Å²) in [6.45, 7) is 0.339. The minimum Gasteiger partial charge on any atom is -0.469 e. The van der Waals surface area contributed by atoms with Gasteiger partial charge >= 0.3 is 5.97 Å². The predicted molar refractivity (Wildman–Crippen MR) is 81.5 cm³/mol. The zero-order chi connectivity index (χ0) is 15.9. The highest BCUT2D eigenvalue weighted by molar-refractivity contribution is 5.72. The first-order valence-electron chi connectivity index (χ1n) is 6.63. The summed E-state index contributed by atoms with van der Waals surface area (Å²) in [6.07, 6.45) is 0.190. The normalized spacial score (nSPS) is 10.0. The van der Waals surface area contributed by atoms with E-state index in [0.717, 1.165) is 0 Å². The van der Waals surface area contributed by atoms with Crippen molar-refractivity contribution in [1.29, 1.82) is 0 Å². The number of hydrogen-bond acceptors (Lipinski definition) is 6. The third kappa shape index (κ3) is 3.78. The number of carbonyl (C=O) groups excluding carboxylic acids is 1. The van der Waals surface area contributed by atoms with Crippen LogP contribution in [0.1, 0.15) is 6.42 Å². The zero-order valence-corrected chi connectivity index (χ0v) is 12.0. The van der Waals surface area contributed by atoms with Crippen LogP contribution in [0.5, 0.6) is 0 Å². The Morgan fingerprint density at radius 2 is 2.00 bits per heavy atom. The van der Waals surface area contributed by atoms with Crippen LogP contribution in [0.25, 0.3) is 11.3 Å². The molecule has 7 heteroatoms. The van der Waals surface area contributed by atoms with Crippen molar-refractivity contribution in [2.75, 3.05) is 19.0 Å². The number of hydrogen-bond donors (Lipinski definition) is 1. The van der Waals surface area contributed by atoms with Crippen molar-refractivity contribution >= 4 is 17.5 Å². The average molecular weight is 301 g/mol. The average Bonchev–Trinajstić information content (AvgIpc) is 2.55. The molecule has 2 rings (SSSR count). The molecule has 114 valence electrons. The molecule has 0 atom stereocenters. The van der Waals surface area contributed by atoms with Crippen LogP contribution in [-0.2, 0) is 9.53 Å². The molecule has 0 radical (unpaired) electrons. The van der Waals surface area contributed by atoms with Gasteiger partial charge in [-0.3, -0.25) is 14.9 Å². The lowest BCUT2D eigenvalue weighted by molar-refractivity contribution is -0.384. The third-order valence-corrected chi connectivity index (χ3v) is 2.98. The molecule has 0 aliphatic carbocycles. The van der Waals surface area contributed by atoms with Gasteiger partial charge in [0.15, 0.2) is 5.69 Å². The Bertz CT molecular complexity index is 674. The van der Waals surface area contributed by atoms with Crippen molar-refractivity contribution in [3.63, 3.8) is 0 Å². The topological polar surface area (TPSA) is 94.4 Å². The minimum absolute atomic E-state index is 0.0651. The highest BCUT2D eigenvalue weighted by Crippen LogP contribution is 2.29. The quantitative estimate of drug-likeness (QED) is 0.500. The number of rotatable bonds is 6. The fourth-order valence-corrected chi connectivity index (χ4v) is 1.90. The van der Waals surface area contributed by atoms with E-state index < -0.39 is 4.92 Å². The first kappa shape index (κ1) is 15.4. The number of aromatic nitrogens is 1. The summed E-state index contributed by atoms with van der Waals surface area (Å²) >= 11 is 0. The molecule has 0 unspecified atom stereocenters. The Kier molecular flexibility index (Phi) is 5.02. The van der Waals surface area contributed by atoms with Crippen LogP contribution in [0.3, 0.4) is 0 Å². The van der Waals surface area contributed by atoms with E-state index in [1.165, 1.54) is 19.2 Å². The van der Waals surface area contributed by atoms with E-state index in [2.05, 4.69) is 15.0 Å². The summed E-state index contributed by atoms with van der Waals surface area (Å²) in [7, 11) is 1.32. The van der Waals surface area contributed by atoms with Crippen LogP contribution in [0.4, 0.5) is 11.5 Å². The second kappa shape index (κ2) is 7.16. The molecule has 0 fully saturated rings. The van der Waals surface area contributed by atoms with Gasteiger partial charge in [0.05, 0.1) is 18.5 Å². The van der Waals surface area contributed by atoms with Crippen molar-refractivity contribution in [3.8, 4) is 11.3 Å². The number of anilines is 1. The van der Waals surface area contributed by atoms with Crippen LogP contribution in [-0.4, -0.2) is 29.5 Å². The maximum absolute atomic E-state index is 11.1. The van der Waals surface area contributed by atoms with Gasteiger partial charge in [-0.2, -0.15) is 0 Å². The molecule has 0 aliphatic heterocycles. The van der Waals surface area contributed by atoms with Crippen molar-refractivity contribution in [1.82, 2.24) is 4.98 Å². The van der Waals surface area contributed by atoms with Crippen molar-refractivity contribution in [2.24, 2.45) is 0 Å². The number of pyridine rings is 1. The molecule has 7 nitrogen and oxygen atoms in total. The van der Waals surface area contributed by atoms with Gasteiger partial charge in [0.1, 0.15) is 5.82 Å². The number of benzene rings is 1. The molecule has 1 aromatic heterocycles. The second-order valence-electron chi connectivity index (χ2n) is 4.44. The summed E-state index contributed by atoms with van der Waals surface area (Å²) in [5.41, 5.74) is 0.879. The van der Waals surface area contributed by atoms with Crippen LogP contribution < -0.4 is 5.32 Å². The van der Waals surface area contributed by atoms with Crippen molar-refractivity contribution in [2.45, 2.75) is 6.42 Å². The first-order chi connectivity index (χ1) is 10.6. The molecule has 0 bridgehead atoms. The maximum Gasteiger partial charge on any atom is 0.307 e. The molecule has 0 amide bonds. The van der Waals surface area contributed by atoms with E-state index in [9.17, 15) is 14.9 Å². The molecule has 0 saturated carbocycles. The lowest BCUT2D eigenvalue weighted by atomic mass is 10.1. The Labute approximate surface area is 127 Å². The molecule has 0 saturated heterocycles. The van der Waals surface area contributed by atoms with Crippen molar-refractivity contribution < 1.29 is 14.5 Å². The Morgan fingerprint density at radius 1 is 1.27 bits per heavy atom. The first-order valence-corrected chi connectivity index (χ1v) is 6.63.